The molecule has 0 aliphatic carbocycles. The summed E-state index contributed by atoms with van der Waals surface area (Å²) in [6.45, 7) is 3.15. The minimum atomic E-state index is -0.0959. The maximum absolute atomic E-state index is 12.6. The fraction of sp³-hybridized carbons (Fsp3) is 0.350. The molecule has 4 N–H and O–H groups in total. The minimum absolute atomic E-state index is 0.0959. The number of rotatable bonds is 9. The minimum Gasteiger partial charge on any atom is -0.352 e. The number of unbranched alkanes of at least 4 members (excludes halogenated alkanes) is 2. The molecule has 0 aliphatic heterocycles. The molecule has 1 heterocycles. The van der Waals surface area contributed by atoms with E-state index in [0.29, 0.717) is 24.2 Å². The molecule has 0 aliphatic rings. The van der Waals surface area contributed by atoms with Gasteiger partial charge in [-0.15, -0.1) is 0 Å². The van der Waals surface area contributed by atoms with E-state index in [1.165, 1.54) is 0 Å². The van der Waals surface area contributed by atoms with E-state index in [1.807, 2.05) is 36.4 Å². The highest BCUT2D eigenvalue weighted by molar-refractivity contribution is 6.05. The molecule has 1 amide bonds. The quantitative estimate of drug-likeness (QED) is 0.406. The van der Waals surface area contributed by atoms with Crippen molar-refractivity contribution in [2.24, 2.45) is 5.73 Å². The summed E-state index contributed by atoms with van der Waals surface area (Å²) in [5, 5.41) is 6.26. The van der Waals surface area contributed by atoms with E-state index in [4.69, 9.17) is 5.73 Å². The van der Waals surface area contributed by atoms with Crippen LogP contribution < -0.4 is 16.4 Å². The molecule has 26 heavy (non-hydrogen) atoms. The van der Waals surface area contributed by atoms with Gasteiger partial charge in [0.05, 0.1) is 22.1 Å². The van der Waals surface area contributed by atoms with Crippen molar-refractivity contribution in [3.8, 4) is 0 Å². The predicted molar refractivity (Wildman–Crippen MR) is 105 cm³/mol. The number of nitrogens with two attached hydrogens (primary N) is 1. The molecule has 0 atom stereocenters. The molecule has 6 nitrogen and oxygen atoms in total. The number of nitrogens with one attached hydrogen (secondary N) is 2. The van der Waals surface area contributed by atoms with Crippen LogP contribution in [0.3, 0.4) is 0 Å². The molecule has 1 aromatic heterocycles. The monoisotopic (exact) mass is 351 g/mol. The van der Waals surface area contributed by atoms with E-state index in [1.54, 1.807) is 6.07 Å². The van der Waals surface area contributed by atoms with Gasteiger partial charge in [0.25, 0.3) is 5.91 Å². The number of amides is 1. The number of benzene rings is 2. The van der Waals surface area contributed by atoms with Gasteiger partial charge in [0.2, 0.25) is 0 Å². The van der Waals surface area contributed by atoms with Gasteiger partial charge in [-0.05, 0) is 43.7 Å². The van der Waals surface area contributed by atoms with E-state index in [-0.39, 0.29) is 5.91 Å². The lowest BCUT2D eigenvalue weighted by atomic mass is 10.1. The molecule has 0 fully saturated rings. The van der Waals surface area contributed by atoms with Gasteiger partial charge in [-0.25, -0.2) is 9.97 Å². The lowest BCUT2D eigenvalue weighted by Gasteiger charge is -2.08. The first-order valence-corrected chi connectivity index (χ1v) is 9.14. The molecular formula is C20H25N5O. The topological polar surface area (TPSA) is 92.9 Å². The Bertz CT molecular complexity index is 880. The van der Waals surface area contributed by atoms with Gasteiger partial charge in [0.1, 0.15) is 5.52 Å². The van der Waals surface area contributed by atoms with Crippen molar-refractivity contribution in [3.05, 3.63) is 48.0 Å². The van der Waals surface area contributed by atoms with E-state index < -0.39 is 0 Å². The van der Waals surface area contributed by atoms with Crippen molar-refractivity contribution in [3.63, 3.8) is 0 Å². The third kappa shape index (κ3) is 4.53. The van der Waals surface area contributed by atoms with Crippen LogP contribution in [-0.2, 0) is 0 Å². The van der Waals surface area contributed by atoms with Gasteiger partial charge in [-0.2, -0.15) is 0 Å². The Labute approximate surface area is 153 Å². The van der Waals surface area contributed by atoms with Gasteiger partial charge in [-0.1, -0.05) is 24.6 Å². The van der Waals surface area contributed by atoms with Crippen LogP contribution in [0.25, 0.3) is 22.1 Å². The Morgan fingerprint density at radius 1 is 0.846 bits per heavy atom. The smallest absolute Gasteiger partial charge is 0.253 e. The second-order valence-electron chi connectivity index (χ2n) is 6.24. The number of aromatic nitrogens is 2. The first-order valence-electron chi connectivity index (χ1n) is 9.14. The van der Waals surface area contributed by atoms with Gasteiger partial charge in [0.15, 0.2) is 0 Å². The number of hydrogen-bond donors (Lipinski definition) is 3. The summed E-state index contributed by atoms with van der Waals surface area (Å²) in [4.78, 5) is 21.8. The SMILES string of the molecule is NCCNCCCCCNC(=O)c1cccc2nc3ccccc3nc12. The van der Waals surface area contributed by atoms with E-state index in [9.17, 15) is 4.79 Å². The van der Waals surface area contributed by atoms with Gasteiger partial charge in [0, 0.05) is 19.6 Å². The molecule has 6 heteroatoms. The van der Waals surface area contributed by atoms with Crippen LogP contribution in [0.15, 0.2) is 42.5 Å². The van der Waals surface area contributed by atoms with Gasteiger partial charge < -0.3 is 16.4 Å². The lowest BCUT2D eigenvalue weighted by Crippen LogP contribution is -2.25. The van der Waals surface area contributed by atoms with Crippen LogP contribution in [0.4, 0.5) is 0 Å². The van der Waals surface area contributed by atoms with Crippen molar-refractivity contribution < 1.29 is 4.79 Å². The average molecular weight is 351 g/mol. The third-order valence-electron chi connectivity index (χ3n) is 4.25. The number of hydrogen-bond acceptors (Lipinski definition) is 5. The van der Waals surface area contributed by atoms with Crippen molar-refractivity contribution >= 4 is 28.0 Å². The predicted octanol–water partition coefficient (Wildman–Crippen LogP) is 2.23. The fourth-order valence-corrected chi connectivity index (χ4v) is 2.90. The summed E-state index contributed by atoms with van der Waals surface area (Å²) in [6.07, 6.45) is 3.11. The third-order valence-corrected chi connectivity index (χ3v) is 4.25. The van der Waals surface area contributed by atoms with Gasteiger partial charge in [-0.3, -0.25) is 4.79 Å². The summed E-state index contributed by atoms with van der Waals surface area (Å²) in [7, 11) is 0. The number of para-hydroxylation sites is 3. The van der Waals surface area contributed by atoms with Crippen molar-refractivity contribution in [1.82, 2.24) is 20.6 Å². The van der Waals surface area contributed by atoms with E-state index >= 15 is 0 Å². The molecule has 136 valence electrons. The van der Waals surface area contributed by atoms with E-state index in [0.717, 1.165) is 48.9 Å². The maximum Gasteiger partial charge on any atom is 0.253 e. The normalized spacial score (nSPS) is 11.1. The Balaban J connectivity index is 1.60. The molecule has 0 bridgehead atoms. The largest absolute Gasteiger partial charge is 0.352 e. The highest BCUT2D eigenvalue weighted by atomic mass is 16.1. The number of carbonyl (C=O) groups is 1. The van der Waals surface area contributed by atoms with E-state index in [2.05, 4.69) is 20.6 Å². The number of nitrogens with zero attached hydrogens (tertiary/aromatic N) is 2. The van der Waals surface area contributed by atoms with Crippen LogP contribution in [0, 0.1) is 0 Å². The standard InChI is InChI=1S/C20H25N5O/c21-11-14-22-12-4-1-5-13-23-20(26)15-7-6-10-18-19(15)25-17-9-3-2-8-16(17)24-18/h2-3,6-10,22H,1,4-5,11-14,21H2,(H,23,26). The summed E-state index contributed by atoms with van der Waals surface area (Å²) in [6, 6.07) is 13.2. The highest BCUT2D eigenvalue weighted by Crippen LogP contribution is 2.19. The summed E-state index contributed by atoms with van der Waals surface area (Å²) >= 11 is 0. The first kappa shape index (κ1) is 18.2. The Morgan fingerprint density at radius 2 is 1.58 bits per heavy atom. The summed E-state index contributed by atoms with van der Waals surface area (Å²) < 4.78 is 0. The molecule has 2 aromatic carbocycles. The molecular weight excluding hydrogens is 326 g/mol. The molecule has 0 saturated carbocycles. The average Bonchev–Trinajstić information content (AvgIpc) is 2.67. The van der Waals surface area contributed by atoms with Gasteiger partial charge >= 0.3 is 0 Å². The fourth-order valence-electron chi connectivity index (χ4n) is 2.90. The maximum atomic E-state index is 12.6. The molecule has 0 spiro atoms. The zero-order chi connectivity index (χ0) is 18.2. The molecule has 3 rings (SSSR count). The second kappa shape index (κ2) is 9.22. The highest BCUT2D eigenvalue weighted by Gasteiger charge is 2.12. The number of fused-ring (bicyclic) bond motifs is 2. The summed E-state index contributed by atoms with van der Waals surface area (Å²) in [5.41, 5.74) is 9.02. The lowest BCUT2D eigenvalue weighted by molar-refractivity contribution is 0.0954. The van der Waals surface area contributed by atoms with Crippen LogP contribution >= 0.6 is 0 Å². The van der Waals surface area contributed by atoms with Crippen LogP contribution in [-0.4, -0.2) is 42.1 Å². The van der Waals surface area contributed by atoms with Crippen molar-refractivity contribution in [1.29, 1.82) is 0 Å². The first-order chi connectivity index (χ1) is 12.8. The van der Waals surface area contributed by atoms with Crippen molar-refractivity contribution in [2.75, 3.05) is 26.2 Å². The molecule has 0 saturated heterocycles. The Morgan fingerprint density at radius 3 is 2.38 bits per heavy atom. The van der Waals surface area contributed by atoms with Crippen molar-refractivity contribution in [2.45, 2.75) is 19.3 Å². The zero-order valence-electron chi connectivity index (χ0n) is 14.9. The molecule has 0 unspecified atom stereocenters. The molecule has 3 aromatic rings. The summed E-state index contributed by atoms with van der Waals surface area (Å²) in [5.74, 6) is -0.0959. The number of carbonyl (C=O) groups excluding carboxylic acids is 1. The van der Waals surface area contributed by atoms with Crippen LogP contribution in [0.1, 0.15) is 29.6 Å². The zero-order valence-corrected chi connectivity index (χ0v) is 14.9. The molecule has 0 radical (unpaired) electrons. The van der Waals surface area contributed by atoms with Crippen LogP contribution in [0.2, 0.25) is 0 Å². The Kier molecular flexibility index (Phi) is 6.46. The second-order valence-corrected chi connectivity index (χ2v) is 6.24. The Hall–Kier alpha value is -2.57. The van der Waals surface area contributed by atoms with Crippen LogP contribution in [0.5, 0.6) is 0 Å².